The fourth-order valence-corrected chi connectivity index (χ4v) is 3.16. The molecule has 1 saturated heterocycles. The summed E-state index contributed by atoms with van der Waals surface area (Å²) in [5.41, 5.74) is 3.13. The van der Waals surface area contributed by atoms with Crippen molar-refractivity contribution in [2.45, 2.75) is 31.6 Å². The highest BCUT2D eigenvalue weighted by atomic mass is 16.1. The van der Waals surface area contributed by atoms with Crippen LogP contribution in [0.2, 0.25) is 0 Å². The van der Waals surface area contributed by atoms with Crippen LogP contribution in [0.15, 0.2) is 48.7 Å². The second-order valence-electron chi connectivity index (χ2n) is 6.35. The van der Waals surface area contributed by atoms with Gasteiger partial charge in [0.15, 0.2) is 0 Å². The summed E-state index contributed by atoms with van der Waals surface area (Å²) in [5, 5.41) is 6.42. The van der Waals surface area contributed by atoms with Gasteiger partial charge in [-0.05, 0) is 68.0 Å². The van der Waals surface area contributed by atoms with Crippen LogP contribution in [0.25, 0.3) is 0 Å². The molecule has 1 aliphatic rings. The molecule has 1 atom stereocenters. The lowest BCUT2D eigenvalue weighted by Crippen LogP contribution is -2.28. The van der Waals surface area contributed by atoms with E-state index in [1.807, 2.05) is 30.3 Å². The first-order chi connectivity index (χ1) is 11.8. The van der Waals surface area contributed by atoms with Crippen LogP contribution >= 0.6 is 0 Å². The van der Waals surface area contributed by atoms with Gasteiger partial charge in [-0.25, -0.2) is 0 Å². The molecule has 0 saturated carbocycles. The number of benzene rings is 1. The quantitative estimate of drug-likeness (QED) is 0.804. The molecule has 1 aromatic heterocycles. The molecule has 1 aromatic carbocycles. The number of hydrogen-bond donors (Lipinski definition) is 2. The Morgan fingerprint density at radius 3 is 2.79 bits per heavy atom. The minimum Gasteiger partial charge on any atom is -0.352 e. The van der Waals surface area contributed by atoms with Crippen molar-refractivity contribution in [1.29, 1.82) is 0 Å². The lowest BCUT2D eigenvalue weighted by Gasteiger charge is -2.23. The third-order valence-corrected chi connectivity index (χ3v) is 4.56. The predicted molar refractivity (Wildman–Crippen MR) is 96.2 cm³/mol. The van der Waals surface area contributed by atoms with E-state index in [9.17, 15) is 4.79 Å². The number of pyridine rings is 1. The minimum atomic E-state index is 0.00402. The molecule has 0 aliphatic carbocycles. The van der Waals surface area contributed by atoms with Crippen LogP contribution in [0.4, 0.5) is 0 Å². The van der Waals surface area contributed by atoms with Gasteiger partial charge < -0.3 is 10.6 Å². The van der Waals surface area contributed by atoms with Crippen LogP contribution in [0.1, 0.15) is 46.8 Å². The van der Waals surface area contributed by atoms with E-state index in [1.165, 1.54) is 18.4 Å². The SMILES string of the molecule is O=C(NCCCc1ccccn1)c1ccc([C@@H]2CCCNC2)cc1. The summed E-state index contributed by atoms with van der Waals surface area (Å²) >= 11 is 0. The molecule has 0 bridgehead atoms. The Balaban J connectivity index is 1.44. The van der Waals surface area contributed by atoms with Gasteiger partial charge in [-0.1, -0.05) is 18.2 Å². The van der Waals surface area contributed by atoms with Crippen molar-refractivity contribution in [3.63, 3.8) is 0 Å². The summed E-state index contributed by atoms with van der Waals surface area (Å²) < 4.78 is 0. The monoisotopic (exact) mass is 323 g/mol. The van der Waals surface area contributed by atoms with Gasteiger partial charge in [-0.3, -0.25) is 9.78 Å². The number of rotatable bonds is 6. The molecule has 3 rings (SSSR count). The second-order valence-corrected chi connectivity index (χ2v) is 6.35. The molecule has 0 radical (unpaired) electrons. The molecule has 4 nitrogen and oxygen atoms in total. The maximum atomic E-state index is 12.2. The summed E-state index contributed by atoms with van der Waals surface area (Å²) in [6.45, 7) is 2.83. The highest BCUT2D eigenvalue weighted by Gasteiger charge is 2.15. The first kappa shape index (κ1) is 16.7. The zero-order valence-electron chi connectivity index (χ0n) is 14.0. The average Bonchev–Trinajstić information content (AvgIpc) is 2.67. The molecule has 126 valence electrons. The van der Waals surface area contributed by atoms with E-state index in [0.717, 1.165) is 37.2 Å². The molecular formula is C20H25N3O. The number of carbonyl (C=O) groups is 1. The number of nitrogens with zero attached hydrogens (tertiary/aromatic N) is 1. The van der Waals surface area contributed by atoms with Crippen molar-refractivity contribution < 1.29 is 4.79 Å². The zero-order valence-corrected chi connectivity index (χ0v) is 14.0. The molecule has 1 aliphatic heterocycles. The minimum absolute atomic E-state index is 0.00402. The first-order valence-corrected chi connectivity index (χ1v) is 8.82. The van der Waals surface area contributed by atoms with Crippen molar-refractivity contribution in [3.8, 4) is 0 Å². The largest absolute Gasteiger partial charge is 0.352 e. The number of amides is 1. The van der Waals surface area contributed by atoms with Crippen LogP contribution < -0.4 is 10.6 Å². The van der Waals surface area contributed by atoms with Gasteiger partial charge in [0.2, 0.25) is 0 Å². The molecule has 0 unspecified atom stereocenters. The Labute approximate surface area is 143 Å². The van der Waals surface area contributed by atoms with Crippen LogP contribution in [0, 0.1) is 0 Å². The zero-order chi connectivity index (χ0) is 16.6. The Hall–Kier alpha value is -2.20. The number of aromatic nitrogens is 1. The van der Waals surface area contributed by atoms with E-state index in [4.69, 9.17) is 0 Å². The number of nitrogens with one attached hydrogen (secondary N) is 2. The summed E-state index contributed by atoms with van der Waals surface area (Å²) in [5.74, 6) is 0.582. The molecule has 4 heteroatoms. The molecular weight excluding hydrogens is 298 g/mol. The highest BCUT2D eigenvalue weighted by molar-refractivity contribution is 5.94. The van der Waals surface area contributed by atoms with Crippen molar-refractivity contribution in [3.05, 3.63) is 65.5 Å². The number of aryl methyl sites for hydroxylation is 1. The maximum absolute atomic E-state index is 12.2. The van der Waals surface area contributed by atoms with Gasteiger partial charge in [0.1, 0.15) is 0 Å². The van der Waals surface area contributed by atoms with E-state index >= 15 is 0 Å². The topological polar surface area (TPSA) is 54.0 Å². The molecule has 24 heavy (non-hydrogen) atoms. The van der Waals surface area contributed by atoms with Gasteiger partial charge in [0, 0.05) is 30.5 Å². The smallest absolute Gasteiger partial charge is 0.251 e. The van der Waals surface area contributed by atoms with E-state index in [0.29, 0.717) is 12.5 Å². The van der Waals surface area contributed by atoms with E-state index in [1.54, 1.807) is 6.20 Å². The fraction of sp³-hybridized carbons (Fsp3) is 0.400. The van der Waals surface area contributed by atoms with Gasteiger partial charge in [-0.2, -0.15) is 0 Å². The van der Waals surface area contributed by atoms with Crippen molar-refractivity contribution >= 4 is 5.91 Å². The van der Waals surface area contributed by atoms with Crippen LogP contribution in [0.3, 0.4) is 0 Å². The fourth-order valence-electron chi connectivity index (χ4n) is 3.16. The lowest BCUT2D eigenvalue weighted by atomic mass is 9.91. The lowest BCUT2D eigenvalue weighted by molar-refractivity contribution is 0.0953. The third kappa shape index (κ3) is 4.65. The average molecular weight is 323 g/mol. The third-order valence-electron chi connectivity index (χ3n) is 4.56. The molecule has 1 fully saturated rings. The van der Waals surface area contributed by atoms with Gasteiger partial charge in [-0.15, -0.1) is 0 Å². The molecule has 2 heterocycles. The molecule has 0 spiro atoms. The normalized spacial score (nSPS) is 17.4. The summed E-state index contributed by atoms with van der Waals surface area (Å²) in [6.07, 6.45) is 6.04. The van der Waals surface area contributed by atoms with Crippen molar-refractivity contribution in [2.75, 3.05) is 19.6 Å². The highest BCUT2D eigenvalue weighted by Crippen LogP contribution is 2.23. The Morgan fingerprint density at radius 2 is 2.08 bits per heavy atom. The van der Waals surface area contributed by atoms with Gasteiger partial charge >= 0.3 is 0 Å². The Kier molecular flexibility index (Phi) is 5.96. The first-order valence-electron chi connectivity index (χ1n) is 8.82. The second kappa shape index (κ2) is 8.60. The number of carbonyl (C=O) groups excluding carboxylic acids is 1. The van der Waals surface area contributed by atoms with E-state index in [-0.39, 0.29) is 5.91 Å². The van der Waals surface area contributed by atoms with Crippen LogP contribution in [0.5, 0.6) is 0 Å². The number of piperidine rings is 1. The van der Waals surface area contributed by atoms with Crippen LogP contribution in [-0.4, -0.2) is 30.5 Å². The predicted octanol–water partition coefficient (Wildman–Crippen LogP) is 2.91. The summed E-state index contributed by atoms with van der Waals surface area (Å²) in [6, 6.07) is 14.0. The summed E-state index contributed by atoms with van der Waals surface area (Å²) in [7, 11) is 0. The molecule has 2 aromatic rings. The van der Waals surface area contributed by atoms with E-state index in [2.05, 4.69) is 27.8 Å². The van der Waals surface area contributed by atoms with E-state index < -0.39 is 0 Å². The van der Waals surface area contributed by atoms with Crippen molar-refractivity contribution in [1.82, 2.24) is 15.6 Å². The van der Waals surface area contributed by atoms with Crippen LogP contribution in [-0.2, 0) is 6.42 Å². The molecule has 1 amide bonds. The summed E-state index contributed by atoms with van der Waals surface area (Å²) in [4.78, 5) is 16.5. The van der Waals surface area contributed by atoms with Crippen molar-refractivity contribution in [2.24, 2.45) is 0 Å². The number of hydrogen-bond acceptors (Lipinski definition) is 3. The Bertz CT molecular complexity index is 634. The molecule has 2 N–H and O–H groups in total. The van der Waals surface area contributed by atoms with Gasteiger partial charge in [0.25, 0.3) is 5.91 Å². The Morgan fingerprint density at radius 1 is 1.21 bits per heavy atom. The van der Waals surface area contributed by atoms with Gasteiger partial charge in [0.05, 0.1) is 0 Å². The maximum Gasteiger partial charge on any atom is 0.251 e. The standard InChI is InChI=1S/C20H25N3O/c24-20(23-14-4-7-19-6-1-2-13-22-19)17-10-8-16(9-11-17)18-5-3-12-21-15-18/h1-2,6,8-11,13,18,21H,3-5,7,12,14-15H2,(H,23,24)/t18-/m1/s1.